The highest BCUT2D eigenvalue weighted by Gasteiger charge is 2.31. The monoisotopic (exact) mass is 402 g/mol. The largest absolute Gasteiger partial charge is 0.506 e. The number of hydrogen-bond acceptors (Lipinski definition) is 3. The van der Waals surface area contributed by atoms with E-state index in [0.29, 0.717) is 21.3 Å². The zero-order chi connectivity index (χ0) is 15.0. The first-order valence-corrected chi connectivity index (χ1v) is 7.37. The standard InChI is InChI=1S/C13H12Br2N2O3/c1-5-10(6(2)18)11(17-13(20)16-5)8-3-7(14)4-9(15)12(8)19/h3-4,11,19H,1-2H3,(H2,16,17,20). The third-order valence-corrected chi connectivity index (χ3v) is 4.08. The van der Waals surface area contributed by atoms with Gasteiger partial charge in [-0.05, 0) is 41.9 Å². The minimum Gasteiger partial charge on any atom is -0.506 e. The molecule has 0 aromatic heterocycles. The van der Waals surface area contributed by atoms with Gasteiger partial charge in [0.25, 0.3) is 0 Å². The number of ketones is 1. The molecular weight excluding hydrogens is 392 g/mol. The molecule has 5 nitrogen and oxygen atoms in total. The molecule has 1 aliphatic rings. The minimum atomic E-state index is -0.685. The molecule has 1 aliphatic heterocycles. The summed E-state index contributed by atoms with van der Waals surface area (Å²) in [6, 6.07) is 2.27. The molecule has 1 unspecified atom stereocenters. The summed E-state index contributed by atoms with van der Waals surface area (Å²) in [5.74, 6) is -0.178. The molecule has 0 bridgehead atoms. The zero-order valence-corrected chi connectivity index (χ0v) is 13.9. The molecule has 0 saturated heterocycles. The van der Waals surface area contributed by atoms with Crippen LogP contribution < -0.4 is 10.6 Å². The number of phenolic OH excluding ortho intramolecular Hbond substituents is 1. The average Bonchev–Trinajstić information content (AvgIpc) is 2.32. The van der Waals surface area contributed by atoms with Crippen LogP contribution in [0.4, 0.5) is 4.79 Å². The van der Waals surface area contributed by atoms with Gasteiger partial charge in [-0.1, -0.05) is 15.9 Å². The van der Waals surface area contributed by atoms with Crippen LogP contribution in [0.25, 0.3) is 0 Å². The van der Waals surface area contributed by atoms with Gasteiger partial charge < -0.3 is 15.7 Å². The zero-order valence-electron chi connectivity index (χ0n) is 10.8. The molecule has 2 rings (SSSR count). The Labute approximate surface area is 132 Å². The van der Waals surface area contributed by atoms with E-state index < -0.39 is 12.1 Å². The van der Waals surface area contributed by atoms with E-state index in [0.717, 1.165) is 4.47 Å². The van der Waals surface area contributed by atoms with Gasteiger partial charge in [0, 0.05) is 21.3 Å². The fraction of sp³-hybridized carbons (Fsp3) is 0.231. The Kier molecular flexibility index (Phi) is 4.19. The number of hydrogen-bond donors (Lipinski definition) is 3. The first kappa shape index (κ1) is 15.1. The SMILES string of the molecule is CC(=O)C1=C(C)NC(=O)NC1c1cc(Br)cc(Br)c1O. The molecule has 7 heteroatoms. The molecule has 2 amide bonds. The van der Waals surface area contributed by atoms with Crippen LogP contribution in [0.2, 0.25) is 0 Å². The Bertz CT molecular complexity index is 641. The second kappa shape index (κ2) is 5.57. The van der Waals surface area contributed by atoms with Crippen LogP contribution in [-0.4, -0.2) is 16.9 Å². The van der Waals surface area contributed by atoms with Gasteiger partial charge in [-0.2, -0.15) is 0 Å². The van der Waals surface area contributed by atoms with Gasteiger partial charge in [-0.25, -0.2) is 4.79 Å². The van der Waals surface area contributed by atoms with Crippen LogP contribution >= 0.6 is 31.9 Å². The Balaban J connectivity index is 2.63. The highest BCUT2D eigenvalue weighted by atomic mass is 79.9. The summed E-state index contributed by atoms with van der Waals surface area (Å²) in [7, 11) is 0. The Hall–Kier alpha value is -1.34. The van der Waals surface area contributed by atoms with Crippen LogP contribution in [0.1, 0.15) is 25.5 Å². The van der Waals surface area contributed by atoms with Gasteiger partial charge in [0.2, 0.25) is 0 Å². The lowest BCUT2D eigenvalue weighted by atomic mass is 9.92. The number of Topliss-reactive ketones (excluding diaryl/α,β-unsaturated/α-hetero) is 1. The smallest absolute Gasteiger partial charge is 0.319 e. The lowest BCUT2D eigenvalue weighted by Crippen LogP contribution is -2.44. The van der Waals surface area contributed by atoms with E-state index in [1.54, 1.807) is 19.1 Å². The maximum absolute atomic E-state index is 11.8. The summed E-state index contributed by atoms with van der Waals surface area (Å²) >= 11 is 6.57. The third-order valence-electron chi connectivity index (χ3n) is 3.02. The number of allylic oxidation sites excluding steroid dienone is 1. The molecule has 106 valence electrons. The van der Waals surface area contributed by atoms with Gasteiger partial charge >= 0.3 is 6.03 Å². The lowest BCUT2D eigenvalue weighted by Gasteiger charge is -2.28. The van der Waals surface area contributed by atoms with Crippen LogP contribution in [0.5, 0.6) is 5.75 Å². The van der Waals surface area contributed by atoms with Crippen molar-refractivity contribution in [1.82, 2.24) is 10.6 Å². The topological polar surface area (TPSA) is 78.4 Å². The van der Waals surface area contributed by atoms with Crippen LogP contribution in [0.15, 0.2) is 32.3 Å². The molecule has 0 aliphatic carbocycles. The third kappa shape index (κ3) is 2.73. The molecule has 0 spiro atoms. The fourth-order valence-corrected chi connectivity index (χ4v) is 3.46. The molecular formula is C13H12Br2N2O3. The number of rotatable bonds is 2. The minimum absolute atomic E-state index is 0.00745. The van der Waals surface area contributed by atoms with E-state index in [2.05, 4.69) is 42.5 Å². The van der Waals surface area contributed by atoms with Crippen LogP contribution in [-0.2, 0) is 4.79 Å². The Morgan fingerprint density at radius 3 is 2.60 bits per heavy atom. The number of phenols is 1. The van der Waals surface area contributed by atoms with Gasteiger partial charge in [0.15, 0.2) is 5.78 Å². The molecule has 1 heterocycles. The van der Waals surface area contributed by atoms with Crippen LogP contribution in [0, 0.1) is 0 Å². The van der Waals surface area contributed by atoms with E-state index in [4.69, 9.17) is 0 Å². The number of benzene rings is 1. The summed E-state index contributed by atoms with van der Waals surface area (Å²) in [6.07, 6.45) is 0. The van der Waals surface area contributed by atoms with E-state index >= 15 is 0 Å². The van der Waals surface area contributed by atoms with Gasteiger partial charge in [0.05, 0.1) is 10.5 Å². The van der Waals surface area contributed by atoms with Crippen molar-refractivity contribution in [1.29, 1.82) is 0 Å². The molecule has 3 N–H and O–H groups in total. The van der Waals surface area contributed by atoms with Crippen molar-refractivity contribution < 1.29 is 14.7 Å². The van der Waals surface area contributed by atoms with Gasteiger partial charge in [-0.15, -0.1) is 0 Å². The molecule has 1 atom stereocenters. The highest BCUT2D eigenvalue weighted by molar-refractivity contribution is 9.11. The molecule has 0 radical (unpaired) electrons. The number of urea groups is 1. The predicted molar refractivity (Wildman–Crippen MR) is 81.3 cm³/mol. The summed E-state index contributed by atoms with van der Waals surface area (Å²) in [6.45, 7) is 3.08. The number of aromatic hydroxyl groups is 1. The number of carbonyl (C=O) groups excluding carboxylic acids is 2. The first-order chi connectivity index (χ1) is 9.31. The molecule has 0 fully saturated rings. The second-order valence-electron chi connectivity index (χ2n) is 4.45. The van der Waals surface area contributed by atoms with Gasteiger partial charge in [0.1, 0.15) is 5.75 Å². The van der Waals surface area contributed by atoms with Crippen molar-refractivity contribution in [2.45, 2.75) is 19.9 Å². The maximum atomic E-state index is 11.8. The molecule has 0 saturated carbocycles. The van der Waals surface area contributed by atoms with Crippen molar-refractivity contribution in [3.05, 3.63) is 37.9 Å². The maximum Gasteiger partial charge on any atom is 0.319 e. The number of nitrogens with one attached hydrogen (secondary N) is 2. The van der Waals surface area contributed by atoms with Crippen molar-refractivity contribution in [3.63, 3.8) is 0 Å². The van der Waals surface area contributed by atoms with Crippen molar-refractivity contribution in [2.75, 3.05) is 0 Å². The van der Waals surface area contributed by atoms with Crippen molar-refractivity contribution >= 4 is 43.7 Å². The molecule has 20 heavy (non-hydrogen) atoms. The lowest BCUT2D eigenvalue weighted by molar-refractivity contribution is -0.114. The Morgan fingerprint density at radius 1 is 1.35 bits per heavy atom. The summed E-state index contributed by atoms with van der Waals surface area (Å²) < 4.78 is 1.21. The number of halogens is 2. The van der Waals surface area contributed by atoms with E-state index in [-0.39, 0.29) is 11.5 Å². The van der Waals surface area contributed by atoms with E-state index in [9.17, 15) is 14.7 Å². The second-order valence-corrected chi connectivity index (χ2v) is 6.22. The van der Waals surface area contributed by atoms with Crippen molar-refractivity contribution in [3.8, 4) is 5.75 Å². The van der Waals surface area contributed by atoms with E-state index in [1.807, 2.05) is 0 Å². The number of carbonyl (C=O) groups is 2. The average molecular weight is 404 g/mol. The van der Waals surface area contributed by atoms with Gasteiger partial charge in [-0.3, -0.25) is 4.79 Å². The molecule has 1 aromatic carbocycles. The van der Waals surface area contributed by atoms with Crippen LogP contribution in [0.3, 0.4) is 0 Å². The molecule has 1 aromatic rings. The number of amides is 2. The van der Waals surface area contributed by atoms with Crippen molar-refractivity contribution in [2.24, 2.45) is 0 Å². The summed E-state index contributed by atoms with van der Waals surface area (Å²) in [5.41, 5.74) is 1.36. The summed E-state index contributed by atoms with van der Waals surface area (Å²) in [4.78, 5) is 23.5. The highest BCUT2D eigenvalue weighted by Crippen LogP contribution is 2.39. The summed E-state index contributed by atoms with van der Waals surface area (Å²) in [5, 5.41) is 15.4. The Morgan fingerprint density at radius 2 is 2.00 bits per heavy atom. The first-order valence-electron chi connectivity index (χ1n) is 5.78. The predicted octanol–water partition coefficient (Wildman–Crippen LogP) is 3.13. The van der Waals surface area contributed by atoms with E-state index in [1.165, 1.54) is 6.92 Å². The fourth-order valence-electron chi connectivity index (χ4n) is 2.20. The normalized spacial score (nSPS) is 18.6. The quantitative estimate of drug-likeness (QED) is 0.709.